The summed E-state index contributed by atoms with van der Waals surface area (Å²) in [5.74, 6) is 0.942. The molecule has 0 radical (unpaired) electrons. The molecule has 0 heterocycles. The van der Waals surface area contributed by atoms with Crippen LogP contribution in [0.25, 0.3) is 0 Å². The van der Waals surface area contributed by atoms with Gasteiger partial charge in [-0.3, -0.25) is 0 Å². The lowest BCUT2D eigenvalue weighted by Gasteiger charge is -2.23. The maximum Gasteiger partial charge on any atom is 0.122 e. The van der Waals surface area contributed by atoms with Gasteiger partial charge in [0.25, 0.3) is 0 Å². The van der Waals surface area contributed by atoms with E-state index in [0.717, 1.165) is 15.8 Å². The Kier molecular flexibility index (Phi) is 5.07. The molecule has 21 heavy (non-hydrogen) atoms. The van der Waals surface area contributed by atoms with Crippen molar-refractivity contribution in [3.8, 4) is 5.75 Å². The minimum Gasteiger partial charge on any atom is -0.496 e. The molecule has 2 aromatic carbocycles. The summed E-state index contributed by atoms with van der Waals surface area (Å²) >= 11 is 3.62. The van der Waals surface area contributed by atoms with Crippen molar-refractivity contribution in [3.05, 3.63) is 62.6 Å². The predicted molar refractivity (Wildman–Crippen MR) is 92.2 cm³/mol. The molecule has 112 valence electrons. The fraction of sp³-hybridized carbons (Fsp3) is 0.333. The smallest absolute Gasteiger partial charge is 0.122 e. The molecule has 0 aliphatic rings. The van der Waals surface area contributed by atoms with Gasteiger partial charge in [0.1, 0.15) is 5.75 Å². The Labute approximate surface area is 135 Å². The molecular weight excluding hydrogens is 326 g/mol. The largest absolute Gasteiger partial charge is 0.496 e. The number of ether oxygens (including phenoxy) is 1. The summed E-state index contributed by atoms with van der Waals surface area (Å²) in [5, 5.41) is 3.45. The topological polar surface area (TPSA) is 21.3 Å². The van der Waals surface area contributed by atoms with Crippen molar-refractivity contribution in [1.82, 2.24) is 5.32 Å². The quantitative estimate of drug-likeness (QED) is 0.865. The molecule has 0 saturated heterocycles. The van der Waals surface area contributed by atoms with Crippen LogP contribution in [0, 0.1) is 20.8 Å². The minimum absolute atomic E-state index is 0.173. The van der Waals surface area contributed by atoms with E-state index >= 15 is 0 Å². The Balaban J connectivity index is 2.57. The average Bonchev–Trinajstić information content (AvgIpc) is 2.47. The molecule has 0 aliphatic carbocycles. The van der Waals surface area contributed by atoms with E-state index in [1.54, 1.807) is 7.11 Å². The van der Waals surface area contributed by atoms with Gasteiger partial charge in [0.05, 0.1) is 13.2 Å². The number of aryl methyl sites for hydroxylation is 2. The first kappa shape index (κ1) is 16.1. The standard InChI is InChI=1S/C18H22BrNO/c1-11-10-17(21-5)12(2)9-15(11)18(20-4)14-7-6-8-16(19)13(14)3/h6-10,18,20H,1-5H3. The number of rotatable bonds is 4. The molecule has 2 rings (SSSR count). The van der Waals surface area contributed by atoms with Crippen molar-refractivity contribution in [2.24, 2.45) is 0 Å². The zero-order chi connectivity index (χ0) is 15.6. The molecule has 1 N–H and O–H groups in total. The van der Waals surface area contributed by atoms with E-state index in [1.807, 2.05) is 7.05 Å². The van der Waals surface area contributed by atoms with Gasteiger partial charge in [0.2, 0.25) is 0 Å². The Bertz CT molecular complexity index is 652. The first-order valence-electron chi connectivity index (χ1n) is 7.07. The third-order valence-electron chi connectivity index (χ3n) is 4.00. The lowest BCUT2D eigenvalue weighted by atomic mass is 9.91. The van der Waals surface area contributed by atoms with Crippen LogP contribution < -0.4 is 10.1 Å². The summed E-state index contributed by atoms with van der Waals surface area (Å²) in [6.07, 6.45) is 0. The van der Waals surface area contributed by atoms with Crippen molar-refractivity contribution >= 4 is 15.9 Å². The second-order valence-corrected chi connectivity index (χ2v) is 6.21. The zero-order valence-electron chi connectivity index (χ0n) is 13.3. The summed E-state index contributed by atoms with van der Waals surface area (Å²) in [5.41, 5.74) is 6.24. The van der Waals surface area contributed by atoms with Crippen LogP contribution in [0.4, 0.5) is 0 Å². The lowest BCUT2D eigenvalue weighted by Crippen LogP contribution is -2.20. The van der Waals surface area contributed by atoms with Crippen LogP contribution in [0.15, 0.2) is 34.8 Å². The van der Waals surface area contributed by atoms with Gasteiger partial charge in [0.15, 0.2) is 0 Å². The monoisotopic (exact) mass is 347 g/mol. The highest BCUT2D eigenvalue weighted by molar-refractivity contribution is 9.10. The maximum atomic E-state index is 5.41. The minimum atomic E-state index is 0.173. The molecular formula is C18H22BrNO. The fourth-order valence-corrected chi connectivity index (χ4v) is 3.14. The molecule has 0 aromatic heterocycles. The van der Waals surface area contributed by atoms with E-state index < -0.39 is 0 Å². The molecule has 0 saturated carbocycles. The van der Waals surface area contributed by atoms with E-state index in [4.69, 9.17) is 4.74 Å². The van der Waals surface area contributed by atoms with Crippen molar-refractivity contribution in [3.63, 3.8) is 0 Å². The van der Waals surface area contributed by atoms with Crippen molar-refractivity contribution < 1.29 is 4.74 Å². The number of halogens is 1. The van der Waals surface area contributed by atoms with Crippen molar-refractivity contribution in [2.75, 3.05) is 14.2 Å². The second-order valence-electron chi connectivity index (χ2n) is 5.35. The van der Waals surface area contributed by atoms with Crippen molar-refractivity contribution in [1.29, 1.82) is 0 Å². The number of hydrogen-bond donors (Lipinski definition) is 1. The number of benzene rings is 2. The van der Waals surface area contributed by atoms with E-state index in [9.17, 15) is 0 Å². The summed E-state index contributed by atoms with van der Waals surface area (Å²) in [7, 11) is 3.72. The maximum absolute atomic E-state index is 5.41. The summed E-state index contributed by atoms with van der Waals surface area (Å²) in [6.45, 7) is 6.37. The first-order chi connectivity index (χ1) is 9.99. The van der Waals surface area contributed by atoms with E-state index in [2.05, 4.69) is 72.3 Å². The van der Waals surface area contributed by atoms with Crippen LogP contribution >= 0.6 is 15.9 Å². The third-order valence-corrected chi connectivity index (χ3v) is 4.86. The lowest BCUT2D eigenvalue weighted by molar-refractivity contribution is 0.411. The van der Waals surface area contributed by atoms with Gasteiger partial charge in [-0.1, -0.05) is 34.1 Å². The van der Waals surface area contributed by atoms with E-state index in [-0.39, 0.29) is 6.04 Å². The number of hydrogen-bond acceptors (Lipinski definition) is 2. The van der Waals surface area contributed by atoms with E-state index in [0.29, 0.717) is 0 Å². The summed E-state index contributed by atoms with van der Waals surface area (Å²) < 4.78 is 6.56. The molecule has 0 bridgehead atoms. The summed E-state index contributed by atoms with van der Waals surface area (Å²) in [6, 6.07) is 10.9. The Morgan fingerprint density at radius 3 is 2.38 bits per heavy atom. The molecule has 3 heteroatoms. The van der Waals surface area contributed by atoms with Gasteiger partial charge >= 0.3 is 0 Å². The Morgan fingerprint density at radius 1 is 1.05 bits per heavy atom. The Hall–Kier alpha value is -1.32. The highest BCUT2D eigenvalue weighted by atomic mass is 79.9. The van der Waals surface area contributed by atoms with Crippen LogP contribution in [-0.4, -0.2) is 14.2 Å². The van der Waals surface area contributed by atoms with Crippen LogP contribution in [0.3, 0.4) is 0 Å². The van der Waals surface area contributed by atoms with Gasteiger partial charge in [-0.05, 0) is 67.8 Å². The third kappa shape index (κ3) is 3.14. The number of methoxy groups -OCH3 is 1. The van der Waals surface area contributed by atoms with Crippen LogP contribution in [-0.2, 0) is 0 Å². The van der Waals surface area contributed by atoms with E-state index in [1.165, 1.54) is 22.3 Å². The molecule has 2 nitrogen and oxygen atoms in total. The highest BCUT2D eigenvalue weighted by Gasteiger charge is 2.18. The molecule has 0 amide bonds. The predicted octanol–water partition coefficient (Wildman–Crippen LogP) is 4.69. The van der Waals surface area contributed by atoms with Gasteiger partial charge in [-0.15, -0.1) is 0 Å². The molecule has 0 spiro atoms. The summed E-state index contributed by atoms with van der Waals surface area (Å²) in [4.78, 5) is 0. The van der Waals surface area contributed by atoms with Gasteiger partial charge in [-0.2, -0.15) is 0 Å². The zero-order valence-corrected chi connectivity index (χ0v) is 14.8. The van der Waals surface area contributed by atoms with Crippen molar-refractivity contribution in [2.45, 2.75) is 26.8 Å². The SMILES string of the molecule is CNC(c1cc(C)c(OC)cc1C)c1cccc(Br)c1C. The van der Waals surface area contributed by atoms with Crippen LogP contribution in [0.1, 0.15) is 33.9 Å². The molecule has 0 aliphatic heterocycles. The highest BCUT2D eigenvalue weighted by Crippen LogP contribution is 2.33. The molecule has 0 fully saturated rings. The second kappa shape index (κ2) is 6.63. The van der Waals surface area contributed by atoms with Gasteiger partial charge in [0, 0.05) is 4.47 Å². The van der Waals surface area contributed by atoms with Gasteiger partial charge in [-0.25, -0.2) is 0 Å². The fourth-order valence-electron chi connectivity index (χ4n) is 2.76. The molecule has 2 aromatic rings. The molecule has 1 atom stereocenters. The van der Waals surface area contributed by atoms with Crippen LogP contribution in [0.5, 0.6) is 5.75 Å². The number of nitrogens with one attached hydrogen (secondary N) is 1. The first-order valence-corrected chi connectivity index (χ1v) is 7.86. The molecule has 1 unspecified atom stereocenters. The normalized spacial score (nSPS) is 12.3. The average molecular weight is 348 g/mol. The van der Waals surface area contributed by atoms with Crippen LogP contribution in [0.2, 0.25) is 0 Å². The van der Waals surface area contributed by atoms with Gasteiger partial charge < -0.3 is 10.1 Å². The Morgan fingerprint density at radius 2 is 1.76 bits per heavy atom.